The summed E-state index contributed by atoms with van der Waals surface area (Å²) >= 11 is 0. The highest BCUT2D eigenvalue weighted by atomic mass is 16.3. The van der Waals surface area contributed by atoms with E-state index < -0.39 is 29.5 Å². The molecule has 0 unspecified atom stereocenters. The van der Waals surface area contributed by atoms with E-state index in [9.17, 15) is 24.9 Å². The molecule has 3 saturated carbocycles. The van der Waals surface area contributed by atoms with Crippen LogP contribution in [0.4, 0.5) is 0 Å². The van der Waals surface area contributed by atoms with Crippen LogP contribution in [0.1, 0.15) is 52.9 Å². The Morgan fingerprint density at radius 1 is 1.30 bits per heavy atom. The molecule has 3 N–H and O–H groups in total. The number of ketones is 2. The molecule has 0 aromatic rings. The molecule has 0 aromatic heterocycles. The zero-order chi connectivity index (χ0) is 19.8. The monoisotopic (exact) mass is 374 g/mol. The molecule has 4 aliphatic rings. The standard InChI is InChI=1S/C22H30O5/c1-12-9-20(2)13(8-16(12)24)4-5-14-15-6-7-22(27,18(26)11-23)21(15,3)10-17(25)19(14)20/h8-9,14-15,17,19,23,25,27H,4-7,10-11H2,1-3H3/t14-,15-,17-,19+,20-,21-,22-/m0/s1. The normalized spacial score (nSPS) is 48.9. The molecule has 0 radical (unpaired) electrons. The van der Waals surface area contributed by atoms with Crippen molar-refractivity contribution in [2.45, 2.75) is 64.6 Å². The lowest BCUT2D eigenvalue weighted by Crippen LogP contribution is -2.61. The first-order chi connectivity index (χ1) is 12.6. The Morgan fingerprint density at radius 3 is 2.67 bits per heavy atom. The van der Waals surface area contributed by atoms with Crippen LogP contribution in [0.5, 0.6) is 0 Å². The molecule has 27 heavy (non-hydrogen) atoms. The van der Waals surface area contributed by atoms with Crippen LogP contribution in [0.15, 0.2) is 23.3 Å². The molecule has 4 rings (SSSR count). The highest BCUT2D eigenvalue weighted by Crippen LogP contribution is 2.67. The van der Waals surface area contributed by atoms with Gasteiger partial charge in [0.1, 0.15) is 12.2 Å². The molecular weight excluding hydrogens is 344 g/mol. The van der Waals surface area contributed by atoms with Gasteiger partial charge >= 0.3 is 0 Å². The number of hydrogen-bond donors (Lipinski definition) is 3. The van der Waals surface area contributed by atoms with Crippen LogP contribution in [0.3, 0.4) is 0 Å². The molecule has 0 aliphatic heterocycles. The van der Waals surface area contributed by atoms with Crippen molar-refractivity contribution in [3.05, 3.63) is 23.3 Å². The molecular formula is C22H30O5. The van der Waals surface area contributed by atoms with Crippen molar-refractivity contribution in [1.29, 1.82) is 0 Å². The summed E-state index contributed by atoms with van der Waals surface area (Å²) in [6.07, 6.45) is 6.19. The summed E-state index contributed by atoms with van der Waals surface area (Å²) in [5.41, 5.74) is -0.830. The minimum absolute atomic E-state index is 0.0230. The zero-order valence-corrected chi connectivity index (χ0v) is 16.4. The van der Waals surface area contributed by atoms with E-state index in [1.165, 1.54) is 0 Å². The Morgan fingerprint density at radius 2 is 2.00 bits per heavy atom. The van der Waals surface area contributed by atoms with Crippen LogP contribution < -0.4 is 0 Å². The molecule has 4 aliphatic carbocycles. The molecule has 0 spiro atoms. The predicted molar refractivity (Wildman–Crippen MR) is 99.7 cm³/mol. The van der Waals surface area contributed by atoms with Gasteiger partial charge < -0.3 is 15.3 Å². The Hall–Kier alpha value is -1.30. The minimum Gasteiger partial charge on any atom is -0.393 e. The predicted octanol–water partition coefficient (Wildman–Crippen LogP) is 1.95. The fraction of sp³-hybridized carbons (Fsp3) is 0.727. The van der Waals surface area contributed by atoms with Gasteiger partial charge in [-0.3, -0.25) is 9.59 Å². The largest absolute Gasteiger partial charge is 0.393 e. The fourth-order valence-electron chi connectivity index (χ4n) is 7.21. The molecule has 0 saturated heterocycles. The quantitative estimate of drug-likeness (QED) is 0.687. The molecule has 0 amide bonds. The number of aliphatic hydroxyl groups excluding tert-OH is 2. The zero-order valence-electron chi connectivity index (χ0n) is 16.4. The third kappa shape index (κ3) is 2.28. The number of allylic oxidation sites excluding steroid dienone is 4. The summed E-state index contributed by atoms with van der Waals surface area (Å²) in [7, 11) is 0. The Bertz CT molecular complexity index is 767. The van der Waals surface area contributed by atoms with E-state index in [0.29, 0.717) is 12.8 Å². The summed E-state index contributed by atoms with van der Waals surface area (Å²) in [5.74, 6) is -0.195. The maximum absolute atomic E-state index is 12.4. The second-order valence-electron chi connectivity index (χ2n) is 9.65. The number of carbonyl (C=O) groups is 2. The first-order valence-corrected chi connectivity index (χ1v) is 10.1. The van der Waals surface area contributed by atoms with Crippen molar-refractivity contribution in [3.8, 4) is 0 Å². The third-order valence-corrected chi connectivity index (χ3v) is 8.55. The van der Waals surface area contributed by atoms with Crippen molar-refractivity contribution >= 4 is 11.6 Å². The van der Waals surface area contributed by atoms with Gasteiger partial charge in [-0.25, -0.2) is 0 Å². The van der Waals surface area contributed by atoms with E-state index in [4.69, 9.17) is 0 Å². The van der Waals surface area contributed by atoms with Crippen LogP contribution in [0, 0.1) is 28.6 Å². The van der Waals surface area contributed by atoms with Crippen molar-refractivity contribution in [2.24, 2.45) is 28.6 Å². The van der Waals surface area contributed by atoms with Gasteiger partial charge in [0.25, 0.3) is 0 Å². The van der Waals surface area contributed by atoms with Gasteiger partial charge in [-0.05, 0) is 62.5 Å². The molecule has 5 heteroatoms. The van der Waals surface area contributed by atoms with Crippen molar-refractivity contribution in [1.82, 2.24) is 0 Å². The van der Waals surface area contributed by atoms with Gasteiger partial charge in [-0.2, -0.15) is 0 Å². The van der Waals surface area contributed by atoms with Crippen molar-refractivity contribution < 1.29 is 24.9 Å². The van der Waals surface area contributed by atoms with Crippen LogP contribution in [0.2, 0.25) is 0 Å². The van der Waals surface area contributed by atoms with Crippen LogP contribution in [-0.4, -0.2) is 45.2 Å². The van der Waals surface area contributed by atoms with Crippen molar-refractivity contribution in [3.63, 3.8) is 0 Å². The van der Waals surface area contributed by atoms with Gasteiger partial charge in [-0.1, -0.05) is 25.5 Å². The van der Waals surface area contributed by atoms with E-state index in [0.717, 1.165) is 30.4 Å². The summed E-state index contributed by atoms with van der Waals surface area (Å²) in [6.45, 7) is 5.20. The van der Waals surface area contributed by atoms with Crippen LogP contribution in [0.25, 0.3) is 0 Å². The van der Waals surface area contributed by atoms with Crippen LogP contribution >= 0.6 is 0 Å². The third-order valence-electron chi connectivity index (χ3n) is 8.55. The van der Waals surface area contributed by atoms with E-state index in [1.807, 2.05) is 19.9 Å². The smallest absolute Gasteiger partial charge is 0.190 e. The lowest BCUT2D eigenvalue weighted by Gasteiger charge is -2.59. The highest BCUT2D eigenvalue weighted by molar-refractivity contribution is 6.05. The molecule has 0 aromatic carbocycles. The summed E-state index contributed by atoms with van der Waals surface area (Å²) < 4.78 is 0. The summed E-state index contributed by atoms with van der Waals surface area (Å²) in [4.78, 5) is 24.6. The first kappa shape index (κ1) is 19.0. The molecule has 0 heterocycles. The average molecular weight is 374 g/mol. The van der Waals surface area contributed by atoms with E-state index in [2.05, 4.69) is 6.92 Å². The number of rotatable bonds is 2. The number of hydrogen-bond acceptors (Lipinski definition) is 5. The van der Waals surface area contributed by atoms with Gasteiger partial charge in [0.15, 0.2) is 11.6 Å². The maximum atomic E-state index is 12.4. The lowest BCUT2D eigenvalue weighted by atomic mass is 9.46. The number of aliphatic hydroxyl groups is 3. The average Bonchev–Trinajstić information content (AvgIpc) is 2.87. The van der Waals surface area contributed by atoms with E-state index >= 15 is 0 Å². The Labute approximate surface area is 160 Å². The van der Waals surface area contributed by atoms with Gasteiger partial charge in [0, 0.05) is 16.7 Å². The molecule has 3 fully saturated rings. The van der Waals surface area contributed by atoms with Gasteiger partial charge in [-0.15, -0.1) is 0 Å². The molecule has 7 atom stereocenters. The van der Waals surface area contributed by atoms with E-state index in [-0.39, 0.29) is 29.0 Å². The first-order valence-electron chi connectivity index (χ1n) is 10.1. The Kier molecular flexibility index (Phi) is 4.12. The molecule has 148 valence electrons. The number of carbonyl (C=O) groups excluding carboxylic acids is 2. The Balaban J connectivity index is 1.76. The minimum atomic E-state index is -1.57. The second kappa shape index (κ2) is 5.85. The lowest BCUT2D eigenvalue weighted by molar-refractivity contribution is -0.178. The molecule has 5 nitrogen and oxygen atoms in total. The van der Waals surface area contributed by atoms with Crippen molar-refractivity contribution in [2.75, 3.05) is 6.61 Å². The fourth-order valence-corrected chi connectivity index (χ4v) is 7.21. The summed E-state index contributed by atoms with van der Waals surface area (Å²) in [5, 5.41) is 31.8. The topological polar surface area (TPSA) is 94.8 Å². The maximum Gasteiger partial charge on any atom is 0.190 e. The summed E-state index contributed by atoms with van der Waals surface area (Å²) in [6, 6.07) is 0. The molecule has 0 bridgehead atoms. The van der Waals surface area contributed by atoms with Gasteiger partial charge in [0.2, 0.25) is 0 Å². The highest BCUT2D eigenvalue weighted by Gasteiger charge is 2.68. The second-order valence-corrected chi connectivity index (χ2v) is 9.65. The number of Topliss-reactive ketones (excluding diaryl/α,β-unsaturated/α-hetero) is 1. The van der Waals surface area contributed by atoms with Crippen LogP contribution in [-0.2, 0) is 9.59 Å². The SMILES string of the molecule is CC1=C[C@@]2(C)C(=CC1=O)CC[C@@H]1[C@@H]2[C@@H](O)C[C@@]2(C)[C@H]1CC[C@]2(O)C(=O)CO. The number of fused-ring (bicyclic) bond motifs is 5. The van der Waals surface area contributed by atoms with Gasteiger partial charge in [0.05, 0.1) is 6.10 Å². The van der Waals surface area contributed by atoms with E-state index in [1.54, 1.807) is 6.08 Å².